The zero-order valence-corrected chi connectivity index (χ0v) is 13.6. The predicted molar refractivity (Wildman–Crippen MR) is 85.3 cm³/mol. The number of rotatable bonds is 3. The van der Waals surface area contributed by atoms with Gasteiger partial charge in [-0.1, -0.05) is 0 Å². The fraction of sp³-hybridized carbons (Fsp3) is 0.667. The molecule has 0 unspecified atom stereocenters. The van der Waals surface area contributed by atoms with Crippen LogP contribution in [0.3, 0.4) is 0 Å². The van der Waals surface area contributed by atoms with Crippen molar-refractivity contribution in [2.75, 3.05) is 25.4 Å². The van der Waals surface area contributed by atoms with E-state index >= 15 is 0 Å². The number of carbonyl (C=O) groups excluding carboxylic acids is 2. The minimum Gasteiger partial charge on any atom is -0.375 e. The first-order chi connectivity index (χ1) is 10.5. The van der Waals surface area contributed by atoms with E-state index in [0.717, 1.165) is 31.6 Å². The summed E-state index contributed by atoms with van der Waals surface area (Å²) in [5.41, 5.74) is 6.51. The summed E-state index contributed by atoms with van der Waals surface area (Å²) in [6.07, 6.45) is 3.22. The number of aromatic nitrogens is 1. The lowest BCUT2D eigenvalue weighted by Gasteiger charge is -2.36. The molecule has 6 nitrogen and oxygen atoms in total. The summed E-state index contributed by atoms with van der Waals surface area (Å²) in [6.45, 7) is 3.87. The van der Waals surface area contributed by atoms with Gasteiger partial charge < -0.3 is 15.5 Å². The molecule has 1 aromatic heterocycles. The number of nitrogen functional groups attached to an aromatic ring is 1. The fourth-order valence-corrected chi connectivity index (χ4v) is 4.06. The molecule has 2 bridgehead atoms. The number of anilines is 1. The number of carbonyl (C=O) groups is 2. The van der Waals surface area contributed by atoms with Crippen LogP contribution in [0.25, 0.3) is 0 Å². The molecular formula is C15H22N4O2S. The number of thiazole rings is 1. The first kappa shape index (κ1) is 15.3. The van der Waals surface area contributed by atoms with E-state index < -0.39 is 0 Å². The largest absolute Gasteiger partial charge is 0.375 e. The zero-order valence-electron chi connectivity index (χ0n) is 12.8. The Morgan fingerprint density at radius 1 is 1.36 bits per heavy atom. The third kappa shape index (κ3) is 3.24. The molecule has 3 aliphatic rings. The Balaban J connectivity index is 1.62. The van der Waals surface area contributed by atoms with Gasteiger partial charge in [0, 0.05) is 44.4 Å². The second-order valence-corrected chi connectivity index (χ2v) is 7.13. The van der Waals surface area contributed by atoms with Crippen LogP contribution in [0.5, 0.6) is 0 Å². The lowest BCUT2D eigenvalue weighted by atomic mass is 9.94. The Hall–Kier alpha value is -1.63. The Labute approximate surface area is 134 Å². The van der Waals surface area contributed by atoms with Gasteiger partial charge in [0.25, 0.3) is 0 Å². The average Bonchev–Trinajstić information content (AvgIpc) is 2.72. The number of fused-ring (bicyclic) bond motifs is 4. The van der Waals surface area contributed by atoms with Gasteiger partial charge in [-0.05, 0) is 25.2 Å². The van der Waals surface area contributed by atoms with Crippen molar-refractivity contribution in [2.45, 2.75) is 38.6 Å². The van der Waals surface area contributed by atoms with Gasteiger partial charge in [-0.2, -0.15) is 0 Å². The number of piperidine rings is 1. The molecule has 22 heavy (non-hydrogen) atoms. The minimum absolute atomic E-state index is 0.115. The van der Waals surface area contributed by atoms with Crippen LogP contribution in [0.4, 0.5) is 5.13 Å². The molecule has 120 valence electrons. The van der Waals surface area contributed by atoms with Crippen molar-refractivity contribution in [3.8, 4) is 0 Å². The molecule has 3 saturated heterocycles. The maximum Gasteiger partial charge on any atom is 0.223 e. The molecule has 3 aliphatic heterocycles. The molecule has 0 spiro atoms. The van der Waals surface area contributed by atoms with Crippen molar-refractivity contribution < 1.29 is 9.59 Å². The van der Waals surface area contributed by atoms with Crippen LogP contribution >= 0.6 is 11.3 Å². The highest BCUT2D eigenvalue weighted by atomic mass is 32.1. The van der Waals surface area contributed by atoms with E-state index in [1.165, 1.54) is 11.3 Å². The van der Waals surface area contributed by atoms with Gasteiger partial charge in [-0.25, -0.2) is 4.98 Å². The third-order valence-electron chi connectivity index (χ3n) is 4.64. The first-order valence-corrected chi connectivity index (χ1v) is 8.65. The van der Waals surface area contributed by atoms with E-state index in [1.807, 2.05) is 15.2 Å². The third-order valence-corrected chi connectivity index (χ3v) is 5.37. The van der Waals surface area contributed by atoms with E-state index in [2.05, 4.69) is 4.98 Å². The van der Waals surface area contributed by atoms with Gasteiger partial charge in [-0.15, -0.1) is 11.3 Å². The highest BCUT2D eigenvalue weighted by Crippen LogP contribution is 2.28. The summed E-state index contributed by atoms with van der Waals surface area (Å²) in [5.74, 6) is 0.706. The monoisotopic (exact) mass is 322 g/mol. The number of hydrogen-bond donors (Lipinski definition) is 1. The lowest BCUT2D eigenvalue weighted by Crippen LogP contribution is -2.47. The number of aryl methyl sites for hydroxylation is 1. The van der Waals surface area contributed by atoms with Crippen molar-refractivity contribution in [1.29, 1.82) is 0 Å². The highest BCUT2D eigenvalue weighted by Gasteiger charge is 2.37. The molecule has 4 heterocycles. The van der Waals surface area contributed by atoms with Crippen molar-refractivity contribution in [3.63, 3.8) is 0 Å². The van der Waals surface area contributed by atoms with Gasteiger partial charge in [0.15, 0.2) is 5.13 Å². The van der Waals surface area contributed by atoms with E-state index in [1.54, 1.807) is 6.92 Å². The molecule has 3 fully saturated rings. The van der Waals surface area contributed by atoms with Crippen molar-refractivity contribution in [3.05, 3.63) is 11.1 Å². The zero-order chi connectivity index (χ0) is 15.7. The topological polar surface area (TPSA) is 79.5 Å². The van der Waals surface area contributed by atoms with Crippen LogP contribution in [0.2, 0.25) is 0 Å². The molecular weight excluding hydrogens is 300 g/mol. The Morgan fingerprint density at radius 3 is 2.86 bits per heavy atom. The van der Waals surface area contributed by atoms with Crippen LogP contribution in [-0.4, -0.2) is 52.3 Å². The molecule has 2 N–H and O–H groups in total. The van der Waals surface area contributed by atoms with Crippen LogP contribution in [-0.2, 0) is 16.0 Å². The molecule has 0 radical (unpaired) electrons. The molecule has 0 aliphatic carbocycles. The van der Waals surface area contributed by atoms with Gasteiger partial charge in [0.1, 0.15) is 0 Å². The molecule has 1 aromatic rings. The molecule has 0 aromatic carbocycles. The lowest BCUT2D eigenvalue weighted by molar-refractivity contribution is -0.136. The van der Waals surface area contributed by atoms with Crippen LogP contribution < -0.4 is 5.73 Å². The molecule has 4 rings (SSSR count). The van der Waals surface area contributed by atoms with E-state index in [9.17, 15) is 9.59 Å². The Bertz CT molecular complexity index is 574. The second-order valence-electron chi connectivity index (χ2n) is 6.24. The van der Waals surface area contributed by atoms with E-state index in [-0.39, 0.29) is 17.9 Å². The molecule has 2 atom stereocenters. The molecule has 2 amide bonds. The van der Waals surface area contributed by atoms with Crippen LogP contribution in [0.15, 0.2) is 5.38 Å². The average molecular weight is 322 g/mol. The first-order valence-electron chi connectivity index (χ1n) is 7.78. The molecule has 7 heteroatoms. The summed E-state index contributed by atoms with van der Waals surface area (Å²) in [4.78, 5) is 32.3. The minimum atomic E-state index is 0.115. The van der Waals surface area contributed by atoms with Gasteiger partial charge in [0.2, 0.25) is 11.8 Å². The second kappa shape index (κ2) is 6.24. The Kier molecular flexibility index (Phi) is 4.33. The van der Waals surface area contributed by atoms with Crippen molar-refractivity contribution >= 4 is 28.3 Å². The van der Waals surface area contributed by atoms with E-state index in [0.29, 0.717) is 30.4 Å². The van der Waals surface area contributed by atoms with Gasteiger partial charge in [0.05, 0.1) is 5.69 Å². The van der Waals surface area contributed by atoms with Crippen LogP contribution in [0, 0.1) is 5.92 Å². The van der Waals surface area contributed by atoms with Crippen molar-refractivity contribution in [2.24, 2.45) is 5.92 Å². The van der Waals surface area contributed by atoms with Crippen LogP contribution in [0.1, 0.15) is 31.9 Å². The quantitative estimate of drug-likeness (QED) is 0.904. The fourth-order valence-electron chi connectivity index (χ4n) is 3.46. The number of nitrogens with zero attached hydrogens (tertiary/aromatic N) is 3. The van der Waals surface area contributed by atoms with Crippen molar-refractivity contribution in [1.82, 2.24) is 14.8 Å². The van der Waals surface area contributed by atoms with Gasteiger partial charge >= 0.3 is 0 Å². The molecule has 0 saturated carbocycles. The summed E-state index contributed by atoms with van der Waals surface area (Å²) in [7, 11) is 0. The summed E-state index contributed by atoms with van der Waals surface area (Å²) < 4.78 is 0. The van der Waals surface area contributed by atoms with Gasteiger partial charge in [-0.3, -0.25) is 9.59 Å². The van der Waals surface area contributed by atoms with E-state index in [4.69, 9.17) is 5.73 Å². The summed E-state index contributed by atoms with van der Waals surface area (Å²) >= 11 is 1.41. The SMILES string of the molecule is CC(=O)N1C[C@@H]2CC[C@H](C1)N(C(=O)CCc1csc(N)n1)C2. The predicted octanol–water partition coefficient (Wildman–Crippen LogP) is 1.13. The standard InChI is InChI=1S/C15H22N4O2S/c1-10(20)18-6-11-2-4-13(8-18)19(7-11)14(21)5-3-12-9-22-15(16)17-12/h9,11,13H,2-8H2,1H3,(H2,16,17)/t11-,13+/m0/s1. The highest BCUT2D eigenvalue weighted by molar-refractivity contribution is 7.13. The Morgan fingerprint density at radius 2 is 2.18 bits per heavy atom. The smallest absolute Gasteiger partial charge is 0.223 e. The summed E-state index contributed by atoms with van der Waals surface area (Å²) in [6, 6.07) is 0.177. The maximum atomic E-state index is 12.6. The number of amides is 2. The number of hydrogen-bond acceptors (Lipinski definition) is 5. The summed E-state index contributed by atoms with van der Waals surface area (Å²) in [5, 5.41) is 2.46. The maximum absolute atomic E-state index is 12.6. The normalized spacial score (nSPS) is 24.4. The number of nitrogens with two attached hydrogens (primary N) is 1.